The fourth-order valence-electron chi connectivity index (χ4n) is 2.97. The van der Waals surface area contributed by atoms with Crippen LogP contribution in [-0.2, 0) is 9.59 Å². The Hall–Kier alpha value is -3.15. The highest BCUT2D eigenvalue weighted by Crippen LogP contribution is 2.28. The molecule has 3 aromatic rings. The van der Waals surface area contributed by atoms with Crippen LogP contribution < -0.4 is 10.6 Å². The van der Waals surface area contributed by atoms with E-state index in [0.29, 0.717) is 12.0 Å². The zero-order chi connectivity index (χ0) is 16.7. The molecule has 2 aromatic carbocycles. The van der Waals surface area contributed by atoms with Gasteiger partial charge in [0.2, 0.25) is 11.8 Å². The van der Waals surface area contributed by atoms with Crippen molar-refractivity contribution in [2.24, 2.45) is 0 Å². The van der Waals surface area contributed by atoms with E-state index in [4.69, 9.17) is 4.42 Å². The lowest BCUT2D eigenvalue weighted by atomic mass is 10.1. The van der Waals surface area contributed by atoms with Crippen molar-refractivity contribution in [2.75, 3.05) is 0 Å². The van der Waals surface area contributed by atoms with Gasteiger partial charge < -0.3 is 9.73 Å². The summed E-state index contributed by atoms with van der Waals surface area (Å²) in [6, 6.07) is 12.5. The Bertz CT molecular complexity index is 989. The average molecular weight is 322 g/mol. The summed E-state index contributed by atoms with van der Waals surface area (Å²) < 4.78 is 5.63. The lowest BCUT2D eigenvalue weighted by Crippen LogP contribution is -2.52. The second-order valence-electron chi connectivity index (χ2n) is 5.79. The minimum Gasteiger partial charge on any atom is -0.451 e. The molecule has 2 heterocycles. The van der Waals surface area contributed by atoms with E-state index >= 15 is 0 Å². The van der Waals surface area contributed by atoms with Crippen LogP contribution >= 0.6 is 0 Å². The predicted molar refractivity (Wildman–Crippen MR) is 87.4 cm³/mol. The number of rotatable bonds is 2. The molecule has 4 rings (SSSR count). The molecule has 1 aliphatic heterocycles. The van der Waals surface area contributed by atoms with Gasteiger partial charge in [-0.15, -0.1) is 0 Å². The number of carbonyl (C=O) groups is 3. The highest BCUT2D eigenvalue weighted by atomic mass is 16.3. The summed E-state index contributed by atoms with van der Waals surface area (Å²) in [4.78, 5) is 35.3. The van der Waals surface area contributed by atoms with Crippen LogP contribution in [0.2, 0.25) is 0 Å². The van der Waals surface area contributed by atoms with Gasteiger partial charge in [0, 0.05) is 11.8 Å². The number of fused-ring (bicyclic) bond motifs is 3. The van der Waals surface area contributed by atoms with Gasteiger partial charge in [0.25, 0.3) is 5.91 Å². The average Bonchev–Trinajstić information content (AvgIpc) is 3.02. The van der Waals surface area contributed by atoms with Gasteiger partial charge in [-0.2, -0.15) is 0 Å². The Kier molecular flexibility index (Phi) is 3.30. The molecule has 6 nitrogen and oxygen atoms in total. The van der Waals surface area contributed by atoms with E-state index in [1.807, 2.05) is 36.4 Å². The van der Waals surface area contributed by atoms with Crippen LogP contribution in [-0.4, -0.2) is 23.8 Å². The van der Waals surface area contributed by atoms with E-state index in [0.717, 1.165) is 16.2 Å². The van der Waals surface area contributed by atoms with E-state index in [-0.39, 0.29) is 18.1 Å². The number of hydrogen-bond donors (Lipinski definition) is 2. The molecule has 1 saturated heterocycles. The third-order valence-corrected chi connectivity index (χ3v) is 4.19. The zero-order valence-corrected chi connectivity index (χ0v) is 12.7. The van der Waals surface area contributed by atoms with E-state index in [2.05, 4.69) is 10.6 Å². The van der Waals surface area contributed by atoms with E-state index in [1.165, 1.54) is 0 Å². The second-order valence-corrected chi connectivity index (χ2v) is 5.79. The molecule has 1 unspecified atom stereocenters. The SMILES string of the molecule is O=C1CCC(NC(=O)c2cc3c(ccc4ccccc43)o2)C(=O)N1. The number of benzene rings is 2. The van der Waals surface area contributed by atoms with Crippen LogP contribution in [0, 0.1) is 0 Å². The van der Waals surface area contributed by atoms with E-state index in [1.54, 1.807) is 6.07 Å². The van der Waals surface area contributed by atoms with Gasteiger partial charge >= 0.3 is 0 Å². The summed E-state index contributed by atoms with van der Waals surface area (Å²) in [6.45, 7) is 0. The quantitative estimate of drug-likeness (QED) is 0.707. The number of piperidine rings is 1. The maximum absolute atomic E-state index is 12.4. The number of hydrogen-bond acceptors (Lipinski definition) is 4. The minimum absolute atomic E-state index is 0.144. The Labute approximate surface area is 136 Å². The normalized spacial score (nSPS) is 17.9. The number of carbonyl (C=O) groups excluding carboxylic acids is 3. The van der Waals surface area contributed by atoms with Crippen molar-refractivity contribution in [1.29, 1.82) is 0 Å². The van der Waals surface area contributed by atoms with Crippen LogP contribution in [0.25, 0.3) is 21.7 Å². The van der Waals surface area contributed by atoms with Gasteiger partial charge in [-0.25, -0.2) is 0 Å². The molecule has 120 valence electrons. The molecule has 2 N–H and O–H groups in total. The van der Waals surface area contributed by atoms with Crippen LogP contribution in [0.3, 0.4) is 0 Å². The van der Waals surface area contributed by atoms with Crippen molar-refractivity contribution in [3.8, 4) is 0 Å². The van der Waals surface area contributed by atoms with Gasteiger partial charge in [0.1, 0.15) is 11.6 Å². The smallest absolute Gasteiger partial charge is 0.287 e. The highest BCUT2D eigenvalue weighted by Gasteiger charge is 2.29. The highest BCUT2D eigenvalue weighted by molar-refractivity contribution is 6.09. The van der Waals surface area contributed by atoms with Gasteiger partial charge in [-0.3, -0.25) is 19.7 Å². The van der Waals surface area contributed by atoms with Crippen molar-refractivity contribution in [2.45, 2.75) is 18.9 Å². The Morgan fingerprint density at radius 2 is 1.96 bits per heavy atom. The third kappa shape index (κ3) is 2.42. The molecule has 0 radical (unpaired) electrons. The van der Waals surface area contributed by atoms with Gasteiger partial charge in [-0.05, 0) is 29.3 Å². The van der Waals surface area contributed by atoms with Crippen molar-refractivity contribution < 1.29 is 18.8 Å². The van der Waals surface area contributed by atoms with E-state index < -0.39 is 17.9 Å². The summed E-state index contributed by atoms with van der Waals surface area (Å²) in [5.41, 5.74) is 0.613. The van der Waals surface area contributed by atoms with Crippen molar-refractivity contribution in [3.05, 3.63) is 48.2 Å². The van der Waals surface area contributed by atoms with Crippen molar-refractivity contribution in [1.82, 2.24) is 10.6 Å². The first-order chi connectivity index (χ1) is 11.6. The topological polar surface area (TPSA) is 88.4 Å². The van der Waals surface area contributed by atoms with Gasteiger partial charge in [0.15, 0.2) is 5.76 Å². The molecule has 6 heteroatoms. The Morgan fingerprint density at radius 3 is 2.79 bits per heavy atom. The molecule has 1 fully saturated rings. The minimum atomic E-state index is -0.722. The Morgan fingerprint density at radius 1 is 1.12 bits per heavy atom. The monoisotopic (exact) mass is 322 g/mol. The molecule has 0 aliphatic carbocycles. The molecule has 0 spiro atoms. The third-order valence-electron chi connectivity index (χ3n) is 4.19. The first-order valence-corrected chi connectivity index (χ1v) is 7.68. The summed E-state index contributed by atoms with van der Waals surface area (Å²) >= 11 is 0. The number of imide groups is 1. The van der Waals surface area contributed by atoms with Crippen molar-refractivity contribution >= 4 is 39.5 Å². The summed E-state index contributed by atoms with van der Waals surface area (Å²) in [5, 5.41) is 7.74. The lowest BCUT2D eigenvalue weighted by Gasteiger charge is -2.21. The molecule has 1 aromatic heterocycles. The summed E-state index contributed by atoms with van der Waals surface area (Å²) in [6.07, 6.45) is 0.501. The molecule has 24 heavy (non-hydrogen) atoms. The number of nitrogens with one attached hydrogen (secondary N) is 2. The van der Waals surface area contributed by atoms with Crippen molar-refractivity contribution in [3.63, 3.8) is 0 Å². The fraction of sp³-hybridized carbons (Fsp3) is 0.167. The predicted octanol–water partition coefficient (Wildman–Crippen LogP) is 2.12. The van der Waals surface area contributed by atoms with Gasteiger partial charge in [-0.1, -0.05) is 30.3 Å². The van der Waals surface area contributed by atoms with Gasteiger partial charge in [0.05, 0.1) is 0 Å². The molecule has 3 amide bonds. The standard InChI is InChI=1S/C18H14N2O4/c21-16-8-6-13(17(22)20-16)19-18(23)15-9-12-11-4-2-1-3-10(11)5-7-14(12)24-15/h1-5,7,9,13H,6,8H2,(H,19,23)(H,20,21,22). The maximum Gasteiger partial charge on any atom is 0.287 e. The summed E-state index contributed by atoms with van der Waals surface area (Å²) in [7, 11) is 0. The first kappa shape index (κ1) is 14.4. The number of amides is 3. The molecular formula is C18H14N2O4. The molecule has 0 bridgehead atoms. The van der Waals surface area contributed by atoms with Crippen LogP contribution in [0.15, 0.2) is 46.9 Å². The molecular weight excluding hydrogens is 308 g/mol. The lowest BCUT2D eigenvalue weighted by molar-refractivity contribution is -0.134. The first-order valence-electron chi connectivity index (χ1n) is 7.68. The number of furan rings is 1. The Balaban J connectivity index is 1.64. The maximum atomic E-state index is 12.4. The molecule has 1 aliphatic rings. The van der Waals surface area contributed by atoms with Crippen LogP contribution in [0.5, 0.6) is 0 Å². The zero-order valence-electron chi connectivity index (χ0n) is 12.7. The second kappa shape index (κ2) is 5.49. The molecule has 0 saturated carbocycles. The van der Waals surface area contributed by atoms with Crippen LogP contribution in [0.1, 0.15) is 23.4 Å². The largest absolute Gasteiger partial charge is 0.451 e. The van der Waals surface area contributed by atoms with Crippen LogP contribution in [0.4, 0.5) is 0 Å². The molecule has 1 atom stereocenters. The summed E-state index contributed by atoms with van der Waals surface area (Å²) in [5.74, 6) is -1.13. The fourth-order valence-corrected chi connectivity index (χ4v) is 2.97. The van der Waals surface area contributed by atoms with E-state index in [9.17, 15) is 14.4 Å².